The van der Waals surface area contributed by atoms with E-state index in [1.165, 1.54) is 31.7 Å². The lowest BCUT2D eigenvalue weighted by Gasteiger charge is -2.36. The second kappa shape index (κ2) is 20.7. The molecule has 302 valence electrons. The van der Waals surface area contributed by atoms with Gasteiger partial charge in [0.2, 0.25) is 0 Å². The Morgan fingerprint density at radius 3 is 2.45 bits per heavy atom. The molecule has 4 atom stereocenters. The molecule has 2 N–H and O–H groups in total. The van der Waals surface area contributed by atoms with Crippen molar-refractivity contribution in [3.63, 3.8) is 0 Å². The van der Waals surface area contributed by atoms with Gasteiger partial charge in [-0.15, -0.1) is 9.24 Å². The molecule has 0 amide bonds. The number of benzene rings is 2. The first-order chi connectivity index (χ1) is 26.5. The van der Waals surface area contributed by atoms with Gasteiger partial charge in [-0.1, -0.05) is 92.0 Å². The number of aliphatic hydroxyl groups is 1. The number of aromatic hydroxyl groups is 1. The van der Waals surface area contributed by atoms with E-state index >= 15 is 4.39 Å². The smallest absolute Gasteiger partial charge is 0.318 e. The Kier molecular flexibility index (Phi) is 16.7. The monoisotopic (exact) mass is 775 g/mol. The van der Waals surface area contributed by atoms with Gasteiger partial charge in [-0.2, -0.15) is 9.97 Å². The van der Waals surface area contributed by atoms with Crippen LogP contribution in [0.2, 0.25) is 0 Å². The van der Waals surface area contributed by atoms with Crippen molar-refractivity contribution in [2.75, 3.05) is 31.3 Å². The Bertz CT molecular complexity index is 1860. The van der Waals surface area contributed by atoms with E-state index in [1.54, 1.807) is 18.2 Å². The SMILES string of the molecule is C/C=C1\C(=NC(C)CC)C(c2cc(O)cc3ccc(F)c(CC)c23)=C(C)c2nc(OCC(C)(CCCC)CCCCCC)nc(N3CCCC(O)C3)c21.CP. The Hall–Kier alpha value is -3.35. The van der Waals surface area contributed by atoms with Gasteiger partial charge in [0.15, 0.2) is 0 Å². The molecule has 4 unspecified atom stereocenters. The standard InChI is InChI=1S/C45H63FN4O3.CH5P/c1-9-14-16-17-23-45(8,22-15-10-2)28-53-44-48-41-30(7)38(36-26-33(52)25-31-20-21-37(46)34(12-4)39(31)36)42(47-29(6)11-3)35(13-5)40(41)43(49-44)50-24-18-19-32(51)27-50;1-2/h13,20-21,25-26,29,32,51-52H,9-12,14-19,22-24,27-28H2,1-8H3;2H2,1H3/b35-13-,47-42?;. The van der Waals surface area contributed by atoms with E-state index in [2.05, 4.69) is 61.8 Å². The largest absolute Gasteiger partial charge is 0.508 e. The molecule has 1 saturated heterocycles. The number of β-amino-alcohol motifs (C(OH)–C–C–N with tert-alkyl or cyclic N) is 1. The third kappa shape index (κ3) is 10.3. The molecule has 7 nitrogen and oxygen atoms in total. The van der Waals surface area contributed by atoms with Gasteiger partial charge < -0.3 is 19.8 Å². The quantitative estimate of drug-likeness (QED) is 0.111. The van der Waals surface area contributed by atoms with Crippen LogP contribution < -0.4 is 9.64 Å². The fraction of sp³-hybridized carbons (Fsp3) is 0.587. The van der Waals surface area contributed by atoms with E-state index in [1.807, 2.05) is 20.5 Å². The topological polar surface area (TPSA) is 91.1 Å². The number of aliphatic imine (C=N–C) groups is 1. The molecule has 0 saturated carbocycles. The van der Waals surface area contributed by atoms with Gasteiger partial charge in [-0.3, -0.25) is 4.99 Å². The van der Waals surface area contributed by atoms with Gasteiger partial charge in [0.05, 0.1) is 29.7 Å². The molecule has 2 heterocycles. The van der Waals surface area contributed by atoms with Crippen molar-refractivity contribution in [3.8, 4) is 11.8 Å². The summed E-state index contributed by atoms with van der Waals surface area (Å²) in [7, 11) is 2.42. The number of phenolic OH excluding ortho intramolecular Hbond substituents is 1. The Morgan fingerprint density at radius 1 is 1.07 bits per heavy atom. The van der Waals surface area contributed by atoms with E-state index in [4.69, 9.17) is 19.7 Å². The van der Waals surface area contributed by atoms with Crippen molar-refractivity contribution in [2.45, 2.75) is 145 Å². The molecule has 1 aliphatic heterocycles. The second-order valence-corrected chi connectivity index (χ2v) is 15.7. The van der Waals surface area contributed by atoms with Crippen LogP contribution >= 0.6 is 9.24 Å². The molecule has 55 heavy (non-hydrogen) atoms. The van der Waals surface area contributed by atoms with Gasteiger partial charge >= 0.3 is 6.01 Å². The molecule has 9 heteroatoms. The fourth-order valence-corrected chi connectivity index (χ4v) is 8.13. The minimum absolute atomic E-state index is 0.00263. The number of hydrogen-bond donors (Lipinski definition) is 2. The van der Waals surface area contributed by atoms with Crippen molar-refractivity contribution < 1.29 is 19.3 Å². The lowest BCUT2D eigenvalue weighted by molar-refractivity contribution is 0.125. The highest BCUT2D eigenvalue weighted by molar-refractivity contribution is 7.15. The van der Waals surface area contributed by atoms with Crippen molar-refractivity contribution in [1.29, 1.82) is 0 Å². The summed E-state index contributed by atoms with van der Waals surface area (Å²) in [6.07, 6.45) is 13.8. The lowest BCUT2D eigenvalue weighted by Crippen LogP contribution is -2.40. The minimum atomic E-state index is -0.460. The highest BCUT2D eigenvalue weighted by Crippen LogP contribution is 2.47. The van der Waals surface area contributed by atoms with Gasteiger partial charge in [0.1, 0.15) is 17.4 Å². The highest BCUT2D eigenvalue weighted by atomic mass is 31.0. The molecular formula is C46H68FN4O3P. The molecular weight excluding hydrogens is 707 g/mol. The molecule has 0 radical (unpaired) electrons. The number of aliphatic hydroxyl groups excluding tert-OH is 1. The normalized spacial score (nSPS) is 19.0. The van der Waals surface area contributed by atoms with Gasteiger partial charge in [0.25, 0.3) is 0 Å². The summed E-state index contributed by atoms with van der Waals surface area (Å²) >= 11 is 0. The Balaban J connectivity index is 0.00000331. The summed E-state index contributed by atoms with van der Waals surface area (Å²) < 4.78 is 22.2. The highest BCUT2D eigenvalue weighted by Gasteiger charge is 2.36. The van der Waals surface area contributed by atoms with Crippen LogP contribution in [-0.2, 0) is 6.42 Å². The maximum Gasteiger partial charge on any atom is 0.318 e. The van der Waals surface area contributed by atoms with Crippen LogP contribution in [0.4, 0.5) is 10.2 Å². The first kappa shape index (κ1) is 44.4. The third-order valence-electron chi connectivity index (χ3n) is 11.4. The summed E-state index contributed by atoms with van der Waals surface area (Å²) in [4.78, 5) is 17.9. The number of aromatic nitrogens is 2. The number of aryl methyl sites for hydroxylation is 1. The molecule has 1 aromatic heterocycles. The zero-order valence-corrected chi connectivity index (χ0v) is 36.3. The zero-order chi connectivity index (χ0) is 40.3. The minimum Gasteiger partial charge on any atom is -0.508 e. The number of hydrogen-bond acceptors (Lipinski definition) is 7. The number of allylic oxidation sites excluding steroid dienone is 4. The molecule has 3 aromatic rings. The van der Waals surface area contributed by atoms with Crippen molar-refractivity contribution in [1.82, 2.24) is 9.97 Å². The Morgan fingerprint density at radius 2 is 1.80 bits per heavy atom. The number of piperidine rings is 1. The van der Waals surface area contributed by atoms with Crippen LogP contribution in [0, 0.1) is 11.2 Å². The van der Waals surface area contributed by atoms with Crippen molar-refractivity contribution in [2.24, 2.45) is 10.4 Å². The van der Waals surface area contributed by atoms with E-state index in [9.17, 15) is 10.2 Å². The summed E-state index contributed by atoms with van der Waals surface area (Å²) in [5, 5.41) is 23.6. The van der Waals surface area contributed by atoms with Crippen molar-refractivity contribution >= 4 is 48.3 Å². The molecule has 2 aromatic carbocycles. The second-order valence-electron chi connectivity index (χ2n) is 15.7. The number of rotatable bonds is 16. The molecule has 5 rings (SSSR count). The molecule has 1 fully saturated rings. The predicted molar refractivity (Wildman–Crippen MR) is 235 cm³/mol. The molecule has 0 bridgehead atoms. The fourth-order valence-electron chi connectivity index (χ4n) is 8.13. The van der Waals surface area contributed by atoms with Gasteiger partial charge in [-0.25, -0.2) is 4.39 Å². The summed E-state index contributed by atoms with van der Waals surface area (Å²) in [6.45, 7) is 20.7. The predicted octanol–water partition coefficient (Wildman–Crippen LogP) is 11.6. The van der Waals surface area contributed by atoms with Crippen molar-refractivity contribution in [3.05, 3.63) is 58.5 Å². The van der Waals surface area contributed by atoms with E-state index in [-0.39, 0.29) is 23.0 Å². The number of nitrogens with zero attached hydrogens (tertiary/aromatic N) is 4. The van der Waals surface area contributed by atoms with Gasteiger partial charge in [0, 0.05) is 35.7 Å². The number of anilines is 1. The number of fused-ring (bicyclic) bond motifs is 2. The van der Waals surface area contributed by atoms with Crippen LogP contribution in [-0.4, -0.2) is 64.4 Å². The van der Waals surface area contributed by atoms with Crippen LogP contribution in [0.3, 0.4) is 0 Å². The maximum absolute atomic E-state index is 15.5. The molecule has 2 aliphatic rings. The zero-order valence-electron chi connectivity index (χ0n) is 35.2. The molecule has 0 spiro atoms. The third-order valence-corrected chi connectivity index (χ3v) is 11.4. The van der Waals surface area contributed by atoms with E-state index in [0.29, 0.717) is 31.1 Å². The van der Waals surface area contributed by atoms with Crippen LogP contribution in [0.25, 0.3) is 27.5 Å². The summed E-state index contributed by atoms with van der Waals surface area (Å²) in [6, 6.07) is 7.01. The number of phenols is 1. The maximum atomic E-state index is 15.5. The first-order valence-electron chi connectivity index (χ1n) is 20.9. The van der Waals surface area contributed by atoms with E-state index in [0.717, 1.165) is 107 Å². The summed E-state index contributed by atoms with van der Waals surface area (Å²) in [5.41, 5.74) is 6.29. The molecule has 1 aliphatic carbocycles. The Labute approximate surface area is 333 Å². The van der Waals surface area contributed by atoms with Gasteiger partial charge in [-0.05, 0) is 105 Å². The average molecular weight is 775 g/mol. The summed E-state index contributed by atoms with van der Waals surface area (Å²) in [5.74, 6) is 0.585. The first-order valence-corrected chi connectivity index (χ1v) is 22.1. The van der Waals surface area contributed by atoms with E-state index < -0.39 is 6.10 Å². The lowest BCUT2D eigenvalue weighted by atomic mass is 9.78. The number of ether oxygens (including phenoxy) is 1. The number of unbranched alkanes of at least 4 members (excludes halogenated alkanes) is 4. The number of halogens is 1. The van der Waals surface area contributed by atoms with Crippen LogP contribution in [0.1, 0.15) is 148 Å². The van der Waals surface area contributed by atoms with Crippen LogP contribution in [0.5, 0.6) is 11.8 Å². The average Bonchev–Trinajstić information content (AvgIpc) is 3.18. The van der Waals surface area contributed by atoms with Crippen LogP contribution in [0.15, 0.2) is 35.3 Å².